The standard InChI is InChI=1S/C19H17ClN2O3S2/c20-15-8-6-13(7-9-15)10-22-16-11-27(24,25)12-17(16)26-19(22)21-18(23)14-4-2-1-3-5-14/h1-9,16-17H,10-12H2. The van der Waals surface area contributed by atoms with E-state index in [1.165, 1.54) is 11.8 Å². The summed E-state index contributed by atoms with van der Waals surface area (Å²) in [6, 6.07) is 16.1. The molecule has 2 aromatic carbocycles. The van der Waals surface area contributed by atoms with Gasteiger partial charge >= 0.3 is 0 Å². The summed E-state index contributed by atoms with van der Waals surface area (Å²) in [6.45, 7) is 0.488. The monoisotopic (exact) mass is 420 g/mol. The van der Waals surface area contributed by atoms with Crippen LogP contribution in [-0.2, 0) is 16.4 Å². The molecule has 2 aromatic rings. The van der Waals surface area contributed by atoms with E-state index in [0.29, 0.717) is 22.3 Å². The summed E-state index contributed by atoms with van der Waals surface area (Å²) in [7, 11) is -3.07. The van der Waals surface area contributed by atoms with Crippen molar-refractivity contribution >= 4 is 44.3 Å². The lowest BCUT2D eigenvalue weighted by Gasteiger charge is -2.24. The second-order valence-electron chi connectivity index (χ2n) is 6.62. The van der Waals surface area contributed by atoms with Crippen LogP contribution in [0.15, 0.2) is 59.6 Å². The van der Waals surface area contributed by atoms with Gasteiger partial charge in [-0.25, -0.2) is 8.42 Å². The van der Waals surface area contributed by atoms with Crippen LogP contribution < -0.4 is 0 Å². The number of amides is 1. The number of rotatable bonds is 3. The highest BCUT2D eigenvalue weighted by molar-refractivity contribution is 8.15. The average molecular weight is 421 g/mol. The fourth-order valence-electron chi connectivity index (χ4n) is 3.34. The summed E-state index contributed by atoms with van der Waals surface area (Å²) in [5.74, 6) is -0.100. The first kappa shape index (κ1) is 18.5. The minimum atomic E-state index is -3.07. The van der Waals surface area contributed by atoms with E-state index in [0.717, 1.165) is 5.56 Å². The Morgan fingerprint density at radius 1 is 1.11 bits per heavy atom. The van der Waals surface area contributed by atoms with Crippen molar-refractivity contribution < 1.29 is 13.2 Å². The minimum Gasteiger partial charge on any atom is -0.342 e. The number of carbonyl (C=O) groups is 1. The molecule has 0 bridgehead atoms. The number of benzene rings is 2. The summed E-state index contributed by atoms with van der Waals surface area (Å²) in [5.41, 5.74) is 1.51. The molecule has 0 aliphatic carbocycles. The Morgan fingerprint density at radius 3 is 2.52 bits per heavy atom. The molecule has 0 spiro atoms. The maximum absolute atomic E-state index is 12.5. The molecule has 5 nitrogen and oxygen atoms in total. The van der Waals surface area contributed by atoms with Crippen LogP contribution in [0.5, 0.6) is 0 Å². The molecule has 2 fully saturated rings. The fourth-order valence-corrected chi connectivity index (χ4v) is 7.41. The number of halogens is 1. The van der Waals surface area contributed by atoms with Crippen LogP contribution in [0.3, 0.4) is 0 Å². The van der Waals surface area contributed by atoms with Gasteiger partial charge in [0.25, 0.3) is 5.91 Å². The second-order valence-corrected chi connectivity index (χ2v) is 10.4. The van der Waals surface area contributed by atoms with Crippen molar-refractivity contribution in [2.75, 3.05) is 11.5 Å². The number of aliphatic imine (C=N–C) groups is 1. The molecule has 2 atom stereocenters. The Labute approximate surface area is 167 Å². The third-order valence-electron chi connectivity index (χ3n) is 4.66. The second kappa shape index (κ2) is 7.30. The third-order valence-corrected chi connectivity index (χ3v) is 8.16. The molecule has 0 aromatic heterocycles. The summed E-state index contributed by atoms with van der Waals surface area (Å²) in [6.07, 6.45) is 0. The van der Waals surface area contributed by atoms with E-state index in [1.807, 2.05) is 23.1 Å². The Balaban J connectivity index is 1.64. The van der Waals surface area contributed by atoms with Crippen LogP contribution in [0, 0.1) is 0 Å². The van der Waals surface area contributed by atoms with Gasteiger partial charge in [-0.3, -0.25) is 4.79 Å². The van der Waals surface area contributed by atoms with E-state index in [9.17, 15) is 13.2 Å². The molecule has 2 unspecified atom stereocenters. The Kier molecular flexibility index (Phi) is 5.01. The van der Waals surface area contributed by atoms with Crippen LogP contribution in [0.1, 0.15) is 15.9 Å². The van der Waals surface area contributed by atoms with E-state index in [4.69, 9.17) is 11.6 Å². The highest BCUT2D eigenvalue weighted by Gasteiger charge is 2.48. The molecule has 2 heterocycles. The minimum absolute atomic E-state index is 0.0929. The number of hydrogen-bond acceptors (Lipinski definition) is 4. The molecular weight excluding hydrogens is 404 g/mol. The lowest BCUT2D eigenvalue weighted by molar-refractivity contribution is 0.100. The SMILES string of the molecule is O=C(N=C1SC2CS(=O)(=O)CC2N1Cc1ccc(Cl)cc1)c1ccccc1. The quantitative estimate of drug-likeness (QED) is 0.762. The van der Waals surface area contributed by atoms with E-state index in [2.05, 4.69) is 4.99 Å². The maximum Gasteiger partial charge on any atom is 0.279 e. The largest absolute Gasteiger partial charge is 0.342 e. The van der Waals surface area contributed by atoms with E-state index in [-0.39, 0.29) is 28.7 Å². The van der Waals surface area contributed by atoms with Gasteiger partial charge in [-0.1, -0.05) is 53.7 Å². The highest BCUT2D eigenvalue weighted by atomic mass is 35.5. The number of sulfone groups is 1. The van der Waals surface area contributed by atoms with Crippen molar-refractivity contribution in [2.45, 2.75) is 17.8 Å². The zero-order valence-electron chi connectivity index (χ0n) is 14.3. The first-order chi connectivity index (χ1) is 12.9. The molecule has 8 heteroatoms. The lowest BCUT2D eigenvalue weighted by Crippen LogP contribution is -2.37. The van der Waals surface area contributed by atoms with Gasteiger partial charge in [-0.15, -0.1) is 0 Å². The van der Waals surface area contributed by atoms with Crippen molar-refractivity contribution in [1.82, 2.24) is 4.90 Å². The molecular formula is C19H17ClN2O3S2. The third kappa shape index (κ3) is 4.05. The number of amidine groups is 1. The zero-order valence-corrected chi connectivity index (χ0v) is 16.7. The number of carbonyl (C=O) groups excluding carboxylic acids is 1. The summed E-state index contributed by atoms with van der Waals surface area (Å²) < 4.78 is 24.1. The summed E-state index contributed by atoms with van der Waals surface area (Å²) in [5, 5.41) is 1.14. The van der Waals surface area contributed by atoms with Gasteiger partial charge in [0.1, 0.15) is 0 Å². The molecule has 1 amide bonds. The first-order valence-corrected chi connectivity index (χ1v) is 11.6. The maximum atomic E-state index is 12.5. The summed E-state index contributed by atoms with van der Waals surface area (Å²) >= 11 is 7.34. The van der Waals surface area contributed by atoms with Crippen LogP contribution in [0.4, 0.5) is 0 Å². The first-order valence-electron chi connectivity index (χ1n) is 8.47. The van der Waals surface area contributed by atoms with Crippen LogP contribution >= 0.6 is 23.4 Å². The highest BCUT2D eigenvalue weighted by Crippen LogP contribution is 2.39. The van der Waals surface area contributed by atoms with E-state index >= 15 is 0 Å². The molecule has 4 rings (SSSR count). The number of hydrogen-bond donors (Lipinski definition) is 0. The predicted molar refractivity (Wildman–Crippen MR) is 109 cm³/mol. The molecule has 2 aliphatic rings. The van der Waals surface area contributed by atoms with Crippen molar-refractivity contribution in [2.24, 2.45) is 4.99 Å². The smallest absolute Gasteiger partial charge is 0.279 e. The van der Waals surface area contributed by atoms with Crippen LogP contribution in [0.25, 0.3) is 0 Å². The normalized spacial score (nSPS) is 24.9. The molecule has 2 aliphatic heterocycles. The molecule has 140 valence electrons. The fraction of sp³-hybridized carbons (Fsp3) is 0.263. The van der Waals surface area contributed by atoms with Gasteiger partial charge in [-0.2, -0.15) is 4.99 Å². The van der Waals surface area contributed by atoms with E-state index in [1.54, 1.807) is 36.4 Å². The number of nitrogens with zero attached hydrogens (tertiary/aromatic N) is 2. The van der Waals surface area contributed by atoms with Gasteiger partial charge in [0.15, 0.2) is 15.0 Å². The number of fused-ring (bicyclic) bond motifs is 1. The van der Waals surface area contributed by atoms with Gasteiger partial charge in [0.2, 0.25) is 0 Å². The molecule has 0 N–H and O–H groups in total. The van der Waals surface area contributed by atoms with Crippen molar-refractivity contribution in [3.8, 4) is 0 Å². The lowest BCUT2D eigenvalue weighted by atomic mass is 10.1. The van der Waals surface area contributed by atoms with Gasteiger partial charge in [0.05, 0.1) is 17.5 Å². The molecule has 27 heavy (non-hydrogen) atoms. The molecule has 0 saturated carbocycles. The molecule has 2 saturated heterocycles. The van der Waals surface area contributed by atoms with Gasteiger partial charge in [-0.05, 0) is 29.8 Å². The van der Waals surface area contributed by atoms with Crippen molar-refractivity contribution in [3.63, 3.8) is 0 Å². The van der Waals surface area contributed by atoms with Gasteiger partial charge in [0, 0.05) is 22.4 Å². The number of thioether (sulfide) groups is 1. The predicted octanol–water partition coefficient (Wildman–Crippen LogP) is 3.25. The Bertz CT molecular complexity index is 991. The molecule has 0 radical (unpaired) electrons. The van der Waals surface area contributed by atoms with E-state index < -0.39 is 9.84 Å². The zero-order chi connectivity index (χ0) is 19.0. The Hall–Kier alpha value is -1.83. The van der Waals surface area contributed by atoms with Crippen LogP contribution in [-0.4, -0.2) is 47.2 Å². The topological polar surface area (TPSA) is 66.8 Å². The van der Waals surface area contributed by atoms with Crippen LogP contribution in [0.2, 0.25) is 5.02 Å². The summed E-state index contributed by atoms with van der Waals surface area (Å²) in [4.78, 5) is 18.8. The van der Waals surface area contributed by atoms with Crippen molar-refractivity contribution in [3.05, 3.63) is 70.7 Å². The van der Waals surface area contributed by atoms with Gasteiger partial charge < -0.3 is 4.90 Å². The Morgan fingerprint density at radius 2 is 1.81 bits per heavy atom. The van der Waals surface area contributed by atoms with Crippen molar-refractivity contribution in [1.29, 1.82) is 0 Å². The average Bonchev–Trinajstić information content (AvgIpc) is 3.10.